The number of thiocarbonyl (C=S) groups is 1. The van der Waals surface area contributed by atoms with E-state index in [0.29, 0.717) is 5.11 Å². The van der Waals surface area contributed by atoms with Crippen molar-refractivity contribution in [1.82, 2.24) is 15.1 Å². The van der Waals surface area contributed by atoms with Gasteiger partial charge in [0.2, 0.25) is 0 Å². The molecule has 3 aromatic rings. The van der Waals surface area contributed by atoms with Crippen molar-refractivity contribution in [2.24, 2.45) is 0 Å². The molecule has 1 aliphatic heterocycles. The van der Waals surface area contributed by atoms with Crippen molar-refractivity contribution < 1.29 is 4.79 Å². The average molecular weight is 419 g/mol. The molecule has 5 nitrogen and oxygen atoms in total. The molecule has 154 valence electrons. The fourth-order valence-corrected chi connectivity index (χ4v) is 4.58. The number of carbonyl (C=O) groups is 1. The van der Waals surface area contributed by atoms with E-state index in [2.05, 4.69) is 31.3 Å². The Hall–Kier alpha value is -2.99. The van der Waals surface area contributed by atoms with Crippen LogP contribution in [0.15, 0.2) is 48.5 Å². The minimum absolute atomic E-state index is 0.0468. The van der Waals surface area contributed by atoms with Gasteiger partial charge in [-0.05, 0) is 62.2 Å². The Morgan fingerprint density at radius 1 is 1.00 bits per heavy atom. The molecule has 0 saturated carbocycles. The number of nitrogens with zero attached hydrogens (tertiary/aromatic N) is 3. The molecule has 1 saturated heterocycles. The van der Waals surface area contributed by atoms with Crippen LogP contribution >= 0.6 is 12.2 Å². The highest BCUT2D eigenvalue weighted by Crippen LogP contribution is 2.35. The monoisotopic (exact) mass is 418 g/mol. The summed E-state index contributed by atoms with van der Waals surface area (Å²) < 4.78 is 1.89. The first kappa shape index (κ1) is 20.3. The van der Waals surface area contributed by atoms with Crippen LogP contribution in [-0.4, -0.2) is 20.8 Å². The first-order valence-electron chi connectivity index (χ1n) is 10.3. The lowest BCUT2D eigenvalue weighted by Gasteiger charge is -2.22. The van der Waals surface area contributed by atoms with Crippen molar-refractivity contribution in [3.8, 4) is 5.69 Å². The number of hydrogen-bond donors (Lipinski definition) is 1. The largest absolute Gasteiger partial charge is 0.346 e. The maximum atomic E-state index is 13.6. The zero-order chi connectivity index (χ0) is 21.4. The van der Waals surface area contributed by atoms with E-state index >= 15 is 0 Å². The smallest absolute Gasteiger partial charge is 0.260 e. The maximum absolute atomic E-state index is 13.6. The average Bonchev–Trinajstić information content (AvgIpc) is 3.21. The summed E-state index contributed by atoms with van der Waals surface area (Å²) in [6.07, 6.45) is 1.68. The van der Waals surface area contributed by atoms with Crippen molar-refractivity contribution in [2.75, 3.05) is 4.90 Å². The van der Waals surface area contributed by atoms with Crippen LogP contribution < -0.4 is 10.2 Å². The first-order chi connectivity index (χ1) is 14.5. The molecule has 1 aromatic heterocycles. The number of nitrogens with one attached hydrogen (secondary N) is 1. The lowest BCUT2D eigenvalue weighted by atomic mass is 10.0. The minimum Gasteiger partial charge on any atom is -0.346 e. The van der Waals surface area contributed by atoms with Crippen LogP contribution in [0.4, 0.5) is 5.69 Å². The Labute approximate surface area is 182 Å². The predicted octanol–water partition coefficient (Wildman–Crippen LogP) is 4.58. The summed E-state index contributed by atoms with van der Waals surface area (Å²) in [5, 5.41) is 8.44. The Morgan fingerprint density at radius 3 is 2.23 bits per heavy atom. The van der Waals surface area contributed by atoms with E-state index in [9.17, 15) is 4.79 Å². The molecule has 30 heavy (non-hydrogen) atoms. The molecule has 0 aliphatic carbocycles. The number of hydrogen-bond acceptors (Lipinski definition) is 3. The van der Waals surface area contributed by atoms with E-state index in [0.717, 1.165) is 52.3 Å². The second kappa shape index (κ2) is 8.03. The van der Waals surface area contributed by atoms with Crippen molar-refractivity contribution >= 4 is 28.9 Å². The predicted molar refractivity (Wildman–Crippen MR) is 124 cm³/mol. The zero-order valence-electron chi connectivity index (χ0n) is 17.8. The highest BCUT2D eigenvalue weighted by atomic mass is 32.1. The number of aromatic nitrogens is 2. The molecular weight excluding hydrogens is 392 g/mol. The summed E-state index contributed by atoms with van der Waals surface area (Å²) in [7, 11) is 0. The van der Waals surface area contributed by atoms with Gasteiger partial charge in [-0.2, -0.15) is 5.10 Å². The van der Waals surface area contributed by atoms with Gasteiger partial charge >= 0.3 is 0 Å². The molecular formula is C24H26N4OS. The summed E-state index contributed by atoms with van der Waals surface area (Å²) in [6.45, 7) is 8.15. The molecule has 2 aromatic carbocycles. The number of amides is 1. The maximum Gasteiger partial charge on any atom is 0.260 e. The number of anilines is 1. The second-order valence-corrected chi connectivity index (χ2v) is 7.91. The van der Waals surface area contributed by atoms with Crippen LogP contribution in [0.2, 0.25) is 0 Å². The second-order valence-electron chi connectivity index (χ2n) is 7.52. The highest BCUT2D eigenvalue weighted by molar-refractivity contribution is 7.80. The van der Waals surface area contributed by atoms with Crippen molar-refractivity contribution in [1.29, 1.82) is 0 Å². The van der Waals surface area contributed by atoms with E-state index in [4.69, 9.17) is 17.3 Å². The van der Waals surface area contributed by atoms with Gasteiger partial charge in [-0.1, -0.05) is 50.2 Å². The Morgan fingerprint density at radius 2 is 1.63 bits per heavy atom. The van der Waals surface area contributed by atoms with Gasteiger partial charge in [0.25, 0.3) is 5.91 Å². The number of aryl methyl sites for hydroxylation is 3. The molecule has 1 amide bonds. The van der Waals surface area contributed by atoms with E-state index in [1.165, 1.54) is 0 Å². The zero-order valence-corrected chi connectivity index (χ0v) is 18.6. The van der Waals surface area contributed by atoms with Crippen LogP contribution in [-0.2, 0) is 17.6 Å². The van der Waals surface area contributed by atoms with Crippen LogP contribution in [0.5, 0.6) is 0 Å². The molecule has 1 fully saturated rings. The van der Waals surface area contributed by atoms with Crippen molar-refractivity contribution in [3.05, 3.63) is 76.6 Å². The van der Waals surface area contributed by atoms with Gasteiger partial charge in [0.1, 0.15) is 6.04 Å². The topological polar surface area (TPSA) is 50.2 Å². The van der Waals surface area contributed by atoms with Crippen molar-refractivity contribution in [3.63, 3.8) is 0 Å². The van der Waals surface area contributed by atoms with Crippen LogP contribution in [0, 0.1) is 13.8 Å². The van der Waals surface area contributed by atoms with Gasteiger partial charge in [0, 0.05) is 11.3 Å². The molecule has 2 heterocycles. The Bertz CT molecular complexity index is 1100. The normalized spacial score (nSPS) is 16.3. The first-order valence-corrected chi connectivity index (χ1v) is 10.8. The summed E-state index contributed by atoms with van der Waals surface area (Å²) in [4.78, 5) is 15.3. The molecule has 0 spiro atoms. The lowest BCUT2D eigenvalue weighted by molar-refractivity contribution is -0.118. The van der Waals surface area contributed by atoms with Gasteiger partial charge in [0.05, 0.1) is 17.1 Å². The third kappa shape index (κ3) is 3.21. The molecule has 4 rings (SSSR count). The fraction of sp³-hybridized carbons (Fsp3) is 0.292. The Kier molecular flexibility index (Phi) is 5.43. The number of rotatable bonds is 5. The summed E-state index contributed by atoms with van der Waals surface area (Å²) >= 11 is 5.65. The molecule has 0 radical (unpaired) electrons. The van der Waals surface area contributed by atoms with E-state index < -0.39 is 6.04 Å². The molecule has 1 N–H and O–H groups in total. The van der Waals surface area contributed by atoms with Crippen LogP contribution in [0.1, 0.15) is 48.0 Å². The molecule has 1 atom stereocenters. The summed E-state index contributed by atoms with van der Waals surface area (Å²) in [5.74, 6) is -0.0468. The minimum atomic E-state index is -0.537. The third-order valence-corrected chi connectivity index (χ3v) is 6.06. The molecule has 1 aliphatic rings. The van der Waals surface area contributed by atoms with Gasteiger partial charge in [-0.25, -0.2) is 4.68 Å². The molecule has 0 unspecified atom stereocenters. The van der Waals surface area contributed by atoms with Gasteiger partial charge in [-0.3, -0.25) is 9.69 Å². The third-order valence-electron chi connectivity index (χ3n) is 5.76. The quantitative estimate of drug-likeness (QED) is 0.617. The van der Waals surface area contributed by atoms with Crippen LogP contribution in [0.3, 0.4) is 0 Å². The summed E-state index contributed by atoms with van der Waals surface area (Å²) in [6, 6.07) is 15.6. The molecule has 6 heteroatoms. The van der Waals surface area contributed by atoms with E-state index in [1.54, 1.807) is 4.90 Å². The number of para-hydroxylation sites is 2. The van der Waals surface area contributed by atoms with Crippen molar-refractivity contribution in [2.45, 2.75) is 46.6 Å². The van der Waals surface area contributed by atoms with Gasteiger partial charge < -0.3 is 5.32 Å². The SMILES string of the molecule is CCc1cccc(CC)c1N1C(=O)[C@@H](c2c(C)nn(-c3ccccc3)c2C)NC1=S. The standard InChI is InChI=1S/C24H26N4OS/c1-5-17-11-10-12-18(6-2)22(17)27-23(29)21(25-24(27)30)20-15(3)26-28(16(20)4)19-13-8-7-9-14-19/h7-14,21H,5-6H2,1-4H3,(H,25,30)/t21-/m1/s1. The number of benzene rings is 2. The number of carbonyl (C=O) groups excluding carboxylic acids is 1. The van der Waals surface area contributed by atoms with Crippen LogP contribution in [0.25, 0.3) is 5.69 Å². The molecule has 0 bridgehead atoms. The highest BCUT2D eigenvalue weighted by Gasteiger charge is 2.41. The Balaban J connectivity index is 1.78. The van der Waals surface area contributed by atoms with E-state index in [-0.39, 0.29) is 5.91 Å². The lowest BCUT2D eigenvalue weighted by Crippen LogP contribution is -2.32. The van der Waals surface area contributed by atoms with Gasteiger partial charge in [-0.15, -0.1) is 0 Å². The fourth-order valence-electron chi connectivity index (χ4n) is 4.28. The van der Waals surface area contributed by atoms with E-state index in [1.807, 2.05) is 54.9 Å². The van der Waals surface area contributed by atoms with Gasteiger partial charge in [0.15, 0.2) is 5.11 Å². The summed E-state index contributed by atoms with van der Waals surface area (Å²) in [5.41, 5.74) is 6.81.